The van der Waals surface area contributed by atoms with Crippen molar-refractivity contribution in [1.29, 1.82) is 0 Å². The number of benzene rings is 2. The van der Waals surface area contributed by atoms with Crippen LogP contribution in [-0.2, 0) is 0 Å². The van der Waals surface area contributed by atoms with Crippen LogP contribution < -0.4 is 9.64 Å². The van der Waals surface area contributed by atoms with Gasteiger partial charge >= 0.3 is 0 Å². The normalized spacial score (nSPS) is 28.9. The van der Waals surface area contributed by atoms with Gasteiger partial charge in [-0.2, -0.15) is 0 Å². The van der Waals surface area contributed by atoms with E-state index in [1.165, 1.54) is 62.6 Å². The molecule has 7 atom stereocenters. The first-order valence-electron chi connectivity index (χ1n) is 22.6. The number of hydrogen-bond donors (Lipinski definition) is 0. The zero-order chi connectivity index (χ0) is 40.2. The molecular weight excluding hydrogens is 747 g/mol. The van der Waals surface area contributed by atoms with Gasteiger partial charge in [-0.05, 0) is 130 Å². The van der Waals surface area contributed by atoms with E-state index in [0.29, 0.717) is 35.0 Å². The standard InChI is InChI=1S/C57H55NOS/c1-37(39-14-4-3-5-15-39)26-27-38(2)58-50-21-9-6-17-45(50)49-36-43(33-35-51(49)58)40-28-30-41(31-29-40)44(46-20-13-23-53-57(46)47-18-7-10-22-52(47)59-53)34-32-42-16-12-25-55-56(42)48-19-8-11-24-54(48)60-55/h3-4,6-7,9-12,14,16-18,20-28,30,33,35,43-44,49,51,53,55-56H,5,8,15,19,29,31-32,34,36H2,1-2H3/b37-26+,38-27+. The van der Waals surface area contributed by atoms with Gasteiger partial charge in [0.05, 0.1) is 6.04 Å². The first kappa shape index (κ1) is 37.8. The van der Waals surface area contributed by atoms with E-state index in [1.807, 2.05) is 0 Å². The number of allylic oxidation sites excluding steroid dienone is 20. The van der Waals surface area contributed by atoms with Crippen molar-refractivity contribution >= 4 is 23.0 Å². The zero-order valence-electron chi connectivity index (χ0n) is 35.0. The van der Waals surface area contributed by atoms with Gasteiger partial charge in [0.2, 0.25) is 0 Å². The number of thioether (sulfide) groups is 1. The molecule has 11 rings (SSSR count). The number of anilines is 1. The van der Waals surface area contributed by atoms with Crippen LogP contribution in [0.25, 0.3) is 5.57 Å². The molecule has 0 saturated heterocycles. The van der Waals surface area contributed by atoms with Gasteiger partial charge in [-0.1, -0.05) is 132 Å². The van der Waals surface area contributed by atoms with Gasteiger partial charge in [0.1, 0.15) is 5.75 Å². The number of fused-ring (bicyclic) bond motifs is 8. The number of nitrogens with zero attached hydrogens (tertiary/aromatic N) is 1. The van der Waals surface area contributed by atoms with Gasteiger partial charge in [0, 0.05) is 56.5 Å². The molecule has 2 aromatic rings. The summed E-state index contributed by atoms with van der Waals surface area (Å²) in [6, 6.07) is 18.2. The van der Waals surface area contributed by atoms with Gasteiger partial charge in [0.15, 0.2) is 6.10 Å². The number of ether oxygens (including phenoxy) is 1. The monoisotopic (exact) mass is 801 g/mol. The molecular formula is C57H55NOS. The molecule has 2 nitrogen and oxygen atoms in total. The quantitative estimate of drug-likeness (QED) is 0.142. The van der Waals surface area contributed by atoms with Crippen LogP contribution in [0, 0.1) is 17.8 Å². The van der Waals surface area contributed by atoms with E-state index in [2.05, 4.69) is 182 Å². The zero-order valence-corrected chi connectivity index (χ0v) is 35.8. The highest BCUT2D eigenvalue weighted by Crippen LogP contribution is 2.54. The largest absolute Gasteiger partial charge is 0.480 e. The smallest absolute Gasteiger partial charge is 0.150 e. The molecule has 6 aliphatic carbocycles. The summed E-state index contributed by atoms with van der Waals surface area (Å²) in [7, 11) is 0. The third-order valence-corrected chi connectivity index (χ3v) is 16.1. The third kappa shape index (κ3) is 6.75. The lowest BCUT2D eigenvalue weighted by Gasteiger charge is -2.35. The summed E-state index contributed by atoms with van der Waals surface area (Å²) in [5.74, 6) is 2.79. The predicted octanol–water partition coefficient (Wildman–Crippen LogP) is 14.5. The maximum absolute atomic E-state index is 6.53. The Balaban J connectivity index is 0.886. The molecule has 0 amide bonds. The first-order valence-corrected chi connectivity index (χ1v) is 23.5. The van der Waals surface area contributed by atoms with Crippen molar-refractivity contribution in [3.63, 3.8) is 0 Å². The average Bonchev–Trinajstić information content (AvgIpc) is 3.99. The van der Waals surface area contributed by atoms with Crippen molar-refractivity contribution in [3.05, 3.63) is 212 Å². The van der Waals surface area contributed by atoms with Crippen LogP contribution in [0.3, 0.4) is 0 Å². The molecule has 0 saturated carbocycles. The second kappa shape index (κ2) is 16.0. The van der Waals surface area contributed by atoms with Crippen LogP contribution in [-0.4, -0.2) is 17.4 Å². The van der Waals surface area contributed by atoms with Gasteiger partial charge in [-0.3, -0.25) is 0 Å². The molecule has 0 fully saturated rings. The Hall–Kier alpha value is -5.21. The van der Waals surface area contributed by atoms with E-state index in [-0.39, 0.29) is 6.10 Å². The highest BCUT2D eigenvalue weighted by molar-refractivity contribution is 8.04. The van der Waals surface area contributed by atoms with Crippen molar-refractivity contribution in [2.45, 2.75) is 94.9 Å². The van der Waals surface area contributed by atoms with E-state index in [4.69, 9.17) is 4.74 Å². The maximum Gasteiger partial charge on any atom is 0.150 e. The van der Waals surface area contributed by atoms with E-state index in [9.17, 15) is 0 Å². The van der Waals surface area contributed by atoms with Crippen LogP contribution in [0.2, 0.25) is 0 Å². The molecule has 300 valence electrons. The Morgan fingerprint density at radius 2 is 1.80 bits per heavy atom. The van der Waals surface area contributed by atoms with Crippen LogP contribution in [0.4, 0.5) is 5.69 Å². The molecule has 0 N–H and O–H groups in total. The van der Waals surface area contributed by atoms with Crippen LogP contribution in [0.5, 0.6) is 5.75 Å². The minimum atomic E-state index is -0.0613. The lowest BCUT2D eigenvalue weighted by molar-refractivity contribution is 0.322. The summed E-state index contributed by atoms with van der Waals surface area (Å²) < 4.78 is 6.53. The van der Waals surface area contributed by atoms with Crippen molar-refractivity contribution < 1.29 is 4.74 Å². The predicted molar refractivity (Wildman–Crippen MR) is 253 cm³/mol. The molecule has 60 heavy (non-hydrogen) atoms. The Bertz CT molecular complexity index is 2580. The van der Waals surface area contributed by atoms with Gasteiger partial charge in [0.25, 0.3) is 0 Å². The number of para-hydroxylation sites is 2. The summed E-state index contributed by atoms with van der Waals surface area (Å²) in [6.45, 7) is 4.56. The van der Waals surface area contributed by atoms with Crippen LogP contribution >= 0.6 is 11.8 Å². The van der Waals surface area contributed by atoms with Crippen molar-refractivity contribution in [2.24, 2.45) is 17.8 Å². The summed E-state index contributed by atoms with van der Waals surface area (Å²) in [4.78, 5) is 4.14. The Labute approximate surface area is 361 Å². The minimum absolute atomic E-state index is 0.0613. The Morgan fingerprint density at radius 1 is 0.900 bits per heavy atom. The SMILES string of the molecule is C/C(=C\C=C(/C)N1c2ccccc2C2CC(C3=CC=C(C(CCC4=CC=CC5SC6=C(CCC=C6)C45)C4=C5c6ccccc6OC5C=C=C4)CC3)C=CC21)C1=CC=CCC1. The second-order valence-electron chi connectivity index (χ2n) is 18.0. The molecule has 0 bridgehead atoms. The maximum atomic E-state index is 6.53. The molecule has 2 aromatic carbocycles. The Morgan fingerprint density at radius 3 is 2.70 bits per heavy atom. The summed E-state index contributed by atoms with van der Waals surface area (Å²) in [5, 5.41) is 0.541. The fraction of sp³-hybridized carbons (Fsp3) is 0.316. The van der Waals surface area contributed by atoms with E-state index in [0.717, 1.165) is 50.7 Å². The van der Waals surface area contributed by atoms with Crippen LogP contribution in [0.15, 0.2) is 201 Å². The lowest BCUT2D eigenvalue weighted by atomic mass is 9.72. The second-order valence-corrected chi connectivity index (χ2v) is 19.3. The van der Waals surface area contributed by atoms with Crippen molar-refractivity contribution in [3.8, 4) is 5.75 Å². The highest BCUT2D eigenvalue weighted by atomic mass is 32.2. The lowest BCUT2D eigenvalue weighted by Crippen LogP contribution is -2.34. The summed E-state index contributed by atoms with van der Waals surface area (Å²) in [5.41, 5.74) is 21.0. The summed E-state index contributed by atoms with van der Waals surface area (Å²) >= 11 is 2.09. The van der Waals surface area contributed by atoms with E-state index >= 15 is 0 Å². The molecule has 3 heteroatoms. The topological polar surface area (TPSA) is 12.5 Å². The fourth-order valence-corrected chi connectivity index (χ4v) is 13.2. The molecule has 0 spiro atoms. The molecule has 0 aromatic heterocycles. The molecule has 0 radical (unpaired) electrons. The van der Waals surface area contributed by atoms with Gasteiger partial charge in [-0.15, -0.1) is 17.5 Å². The van der Waals surface area contributed by atoms with Gasteiger partial charge in [-0.25, -0.2) is 0 Å². The Kier molecular flexibility index (Phi) is 10.1. The van der Waals surface area contributed by atoms with Crippen LogP contribution in [0.1, 0.15) is 88.7 Å². The summed E-state index contributed by atoms with van der Waals surface area (Å²) in [6.07, 6.45) is 48.1. The van der Waals surface area contributed by atoms with Crippen molar-refractivity contribution in [1.82, 2.24) is 0 Å². The molecule has 3 heterocycles. The number of hydrogen-bond acceptors (Lipinski definition) is 3. The van der Waals surface area contributed by atoms with E-state index in [1.54, 1.807) is 22.3 Å². The van der Waals surface area contributed by atoms with E-state index < -0.39 is 0 Å². The van der Waals surface area contributed by atoms with Crippen molar-refractivity contribution in [2.75, 3.05) is 4.90 Å². The molecule has 7 unspecified atom stereocenters. The highest BCUT2D eigenvalue weighted by Gasteiger charge is 2.42. The van der Waals surface area contributed by atoms with Gasteiger partial charge < -0.3 is 9.64 Å². The average molecular weight is 802 g/mol. The molecule has 3 aliphatic heterocycles. The number of rotatable bonds is 9. The fourth-order valence-electron chi connectivity index (χ4n) is 11.7. The minimum Gasteiger partial charge on any atom is -0.480 e. The molecule has 9 aliphatic rings. The third-order valence-electron chi connectivity index (χ3n) is 14.7. The first-order chi connectivity index (χ1) is 29.6.